The fourth-order valence-electron chi connectivity index (χ4n) is 2.32. The van der Waals surface area contributed by atoms with E-state index in [4.69, 9.17) is 5.73 Å². The van der Waals surface area contributed by atoms with Crippen molar-refractivity contribution in [1.29, 1.82) is 0 Å². The molecule has 1 aromatic rings. The highest BCUT2D eigenvalue weighted by Crippen LogP contribution is 2.42. The number of benzene rings is 1. The molecule has 2 N–H and O–H groups in total. The maximum atomic E-state index is 13.0. The molecule has 1 aliphatic rings. The van der Waals surface area contributed by atoms with E-state index < -0.39 is 12.0 Å². The van der Waals surface area contributed by atoms with Gasteiger partial charge in [0.25, 0.3) is 6.43 Å². The zero-order valence-electron chi connectivity index (χ0n) is 8.71. The highest BCUT2D eigenvalue weighted by Gasteiger charge is 2.42. The molecule has 0 bridgehead atoms. The van der Waals surface area contributed by atoms with Crippen LogP contribution in [0.3, 0.4) is 0 Å². The van der Waals surface area contributed by atoms with Crippen LogP contribution in [0.4, 0.5) is 8.78 Å². The number of nitrogens with two attached hydrogens (primary N) is 1. The van der Waals surface area contributed by atoms with Crippen LogP contribution >= 0.6 is 0 Å². The maximum Gasteiger partial charge on any atom is 0.260 e. The predicted octanol–water partition coefficient (Wildman–Crippen LogP) is 3.00. The van der Waals surface area contributed by atoms with Crippen molar-refractivity contribution in [1.82, 2.24) is 0 Å². The molecule has 3 heteroatoms. The van der Waals surface area contributed by atoms with Crippen molar-refractivity contribution in [3.8, 4) is 0 Å². The normalized spacial score (nSPS) is 30.3. The van der Waals surface area contributed by atoms with Gasteiger partial charge in [0, 0.05) is 0 Å². The molecule has 0 aromatic heterocycles. The van der Waals surface area contributed by atoms with Crippen LogP contribution in [0.5, 0.6) is 0 Å². The van der Waals surface area contributed by atoms with Gasteiger partial charge in [-0.05, 0) is 29.9 Å². The van der Waals surface area contributed by atoms with Gasteiger partial charge >= 0.3 is 0 Å². The average molecular weight is 211 g/mol. The lowest BCUT2D eigenvalue weighted by atomic mass is 9.73. The van der Waals surface area contributed by atoms with Crippen LogP contribution in [0.1, 0.15) is 36.8 Å². The summed E-state index contributed by atoms with van der Waals surface area (Å²) >= 11 is 0. The molecule has 1 nitrogen and oxygen atoms in total. The van der Waals surface area contributed by atoms with Gasteiger partial charge in [-0.3, -0.25) is 0 Å². The van der Waals surface area contributed by atoms with E-state index in [0.29, 0.717) is 17.9 Å². The smallest absolute Gasteiger partial charge is 0.260 e. The van der Waals surface area contributed by atoms with E-state index in [1.807, 2.05) is 12.1 Å². The summed E-state index contributed by atoms with van der Waals surface area (Å²) in [6.07, 6.45) is -1.40. The van der Waals surface area contributed by atoms with Gasteiger partial charge in [-0.1, -0.05) is 31.2 Å². The molecule has 82 valence electrons. The molecule has 0 aliphatic heterocycles. The summed E-state index contributed by atoms with van der Waals surface area (Å²) in [6, 6.07) is 7.30. The summed E-state index contributed by atoms with van der Waals surface area (Å²) in [5, 5.41) is 0. The topological polar surface area (TPSA) is 26.0 Å². The third-order valence-electron chi connectivity index (χ3n) is 3.37. The van der Waals surface area contributed by atoms with Crippen LogP contribution in [0.25, 0.3) is 0 Å². The van der Waals surface area contributed by atoms with Crippen LogP contribution < -0.4 is 5.73 Å². The Kier molecular flexibility index (Phi) is 2.51. The minimum atomic E-state index is -2.49. The molecule has 2 unspecified atom stereocenters. The van der Waals surface area contributed by atoms with Gasteiger partial charge in [0.2, 0.25) is 0 Å². The van der Waals surface area contributed by atoms with E-state index in [1.165, 1.54) is 0 Å². The highest BCUT2D eigenvalue weighted by molar-refractivity contribution is 5.38. The van der Waals surface area contributed by atoms with Crippen LogP contribution in [-0.2, 0) is 5.54 Å². The van der Waals surface area contributed by atoms with Gasteiger partial charge in [0.1, 0.15) is 5.54 Å². The van der Waals surface area contributed by atoms with Gasteiger partial charge in [-0.15, -0.1) is 0 Å². The summed E-state index contributed by atoms with van der Waals surface area (Å²) in [5.74, 6) is 0.330. The lowest BCUT2D eigenvalue weighted by Gasteiger charge is -2.37. The van der Waals surface area contributed by atoms with Crippen molar-refractivity contribution in [2.45, 2.75) is 37.6 Å². The fourth-order valence-corrected chi connectivity index (χ4v) is 2.32. The van der Waals surface area contributed by atoms with Crippen molar-refractivity contribution in [2.75, 3.05) is 0 Å². The van der Waals surface area contributed by atoms with E-state index in [0.717, 1.165) is 12.0 Å². The van der Waals surface area contributed by atoms with E-state index in [1.54, 1.807) is 12.1 Å². The first-order valence-corrected chi connectivity index (χ1v) is 5.22. The van der Waals surface area contributed by atoms with Crippen LogP contribution in [0.2, 0.25) is 0 Å². The molecule has 0 fully saturated rings. The van der Waals surface area contributed by atoms with Gasteiger partial charge in [0.15, 0.2) is 0 Å². The zero-order valence-corrected chi connectivity index (χ0v) is 8.71. The minimum Gasteiger partial charge on any atom is -0.317 e. The molecule has 0 saturated carbocycles. The first-order chi connectivity index (χ1) is 7.05. The highest BCUT2D eigenvalue weighted by atomic mass is 19.3. The summed E-state index contributed by atoms with van der Waals surface area (Å²) < 4.78 is 26.0. The molecular formula is C12H15F2N. The van der Waals surface area contributed by atoms with Gasteiger partial charge in [0.05, 0.1) is 0 Å². The molecule has 0 radical (unpaired) electrons. The number of rotatable bonds is 1. The lowest BCUT2D eigenvalue weighted by Crippen LogP contribution is -2.46. The summed E-state index contributed by atoms with van der Waals surface area (Å²) in [6.45, 7) is 2.06. The molecule has 0 amide bonds. The Bertz CT molecular complexity index is 364. The second-order valence-corrected chi connectivity index (χ2v) is 4.37. The molecule has 1 aromatic carbocycles. The number of fused-ring (bicyclic) bond motifs is 1. The Morgan fingerprint density at radius 2 is 2.07 bits per heavy atom. The Morgan fingerprint density at radius 3 is 2.73 bits per heavy atom. The zero-order chi connectivity index (χ0) is 11.1. The second-order valence-electron chi connectivity index (χ2n) is 4.37. The third-order valence-corrected chi connectivity index (χ3v) is 3.37. The molecule has 2 rings (SSSR count). The number of hydrogen-bond donors (Lipinski definition) is 1. The third kappa shape index (κ3) is 1.55. The Labute approximate surface area is 88.3 Å². The Hall–Kier alpha value is -0.960. The molecule has 15 heavy (non-hydrogen) atoms. The van der Waals surface area contributed by atoms with Crippen molar-refractivity contribution >= 4 is 0 Å². The number of alkyl halides is 2. The van der Waals surface area contributed by atoms with Gasteiger partial charge < -0.3 is 5.73 Å². The molecule has 2 atom stereocenters. The molecule has 0 saturated heterocycles. The molecular weight excluding hydrogens is 196 g/mol. The van der Waals surface area contributed by atoms with Crippen LogP contribution in [0, 0.1) is 0 Å². The largest absolute Gasteiger partial charge is 0.317 e. The van der Waals surface area contributed by atoms with Crippen LogP contribution in [-0.4, -0.2) is 6.43 Å². The molecule has 1 aliphatic carbocycles. The van der Waals surface area contributed by atoms with E-state index in [2.05, 4.69) is 6.92 Å². The van der Waals surface area contributed by atoms with Crippen LogP contribution in [0.15, 0.2) is 24.3 Å². The second kappa shape index (κ2) is 3.56. The van der Waals surface area contributed by atoms with E-state index in [9.17, 15) is 8.78 Å². The fraction of sp³-hybridized carbons (Fsp3) is 0.500. The first kappa shape index (κ1) is 10.6. The summed E-state index contributed by atoms with van der Waals surface area (Å²) in [5.41, 5.74) is 5.99. The van der Waals surface area contributed by atoms with E-state index >= 15 is 0 Å². The van der Waals surface area contributed by atoms with Crippen molar-refractivity contribution in [3.05, 3.63) is 35.4 Å². The van der Waals surface area contributed by atoms with Crippen molar-refractivity contribution in [2.24, 2.45) is 5.73 Å². The summed E-state index contributed by atoms with van der Waals surface area (Å²) in [7, 11) is 0. The monoisotopic (exact) mass is 211 g/mol. The van der Waals surface area contributed by atoms with E-state index in [-0.39, 0.29) is 0 Å². The molecule has 0 heterocycles. The first-order valence-electron chi connectivity index (χ1n) is 5.22. The van der Waals surface area contributed by atoms with Crippen molar-refractivity contribution in [3.63, 3.8) is 0 Å². The predicted molar refractivity (Wildman–Crippen MR) is 56.0 cm³/mol. The number of hydrogen-bond acceptors (Lipinski definition) is 1. The maximum absolute atomic E-state index is 13.0. The minimum absolute atomic E-state index is 0.330. The summed E-state index contributed by atoms with van der Waals surface area (Å²) in [4.78, 5) is 0. The SMILES string of the molecule is CC1CCC(N)(C(F)F)c2ccccc21. The average Bonchev–Trinajstić information content (AvgIpc) is 2.24. The van der Waals surface area contributed by atoms with Crippen molar-refractivity contribution < 1.29 is 8.78 Å². The van der Waals surface area contributed by atoms with Gasteiger partial charge in [-0.2, -0.15) is 0 Å². The standard InChI is InChI=1S/C12H15F2N/c1-8-6-7-12(15,11(13)14)10-5-3-2-4-9(8)10/h2-5,8,11H,6-7,15H2,1H3. The Balaban J connectivity index is 2.53. The quantitative estimate of drug-likeness (QED) is 0.759. The Morgan fingerprint density at radius 1 is 1.40 bits per heavy atom. The lowest BCUT2D eigenvalue weighted by molar-refractivity contribution is 0.0395. The number of halogens is 2. The van der Waals surface area contributed by atoms with Gasteiger partial charge in [-0.25, -0.2) is 8.78 Å². The molecule has 0 spiro atoms.